The first-order valence-electron chi connectivity index (χ1n) is 10.1. The van der Waals surface area contributed by atoms with Gasteiger partial charge in [-0.2, -0.15) is 0 Å². The Morgan fingerprint density at radius 1 is 1.09 bits per heavy atom. The largest absolute Gasteiger partial charge is 0.480 e. The van der Waals surface area contributed by atoms with Crippen LogP contribution in [-0.4, -0.2) is 56.0 Å². The number of carboxylic acids is 1. The molecule has 166 valence electrons. The fourth-order valence-corrected chi connectivity index (χ4v) is 5.59. The smallest absolute Gasteiger partial charge is 0.343 e. The van der Waals surface area contributed by atoms with E-state index in [0.717, 1.165) is 0 Å². The first-order valence-corrected chi connectivity index (χ1v) is 10.9. The maximum atomic E-state index is 12.5. The molecule has 8 nitrogen and oxygen atoms in total. The molecule has 0 aliphatic carbocycles. The third kappa shape index (κ3) is 4.08. The first-order chi connectivity index (χ1) is 15.2. The van der Waals surface area contributed by atoms with Crippen LogP contribution >= 0.6 is 11.8 Å². The zero-order valence-electron chi connectivity index (χ0n) is 17.5. The third-order valence-corrected chi connectivity index (χ3v) is 7.07. The second-order valence-corrected chi connectivity index (χ2v) is 9.99. The van der Waals surface area contributed by atoms with Crippen molar-refractivity contribution in [3.05, 3.63) is 65.7 Å². The van der Waals surface area contributed by atoms with Crippen LogP contribution in [0.1, 0.15) is 29.8 Å². The van der Waals surface area contributed by atoms with Gasteiger partial charge in [0.2, 0.25) is 11.8 Å². The maximum Gasteiger partial charge on any atom is 0.343 e. The molecule has 4 rings (SSSR count). The summed E-state index contributed by atoms with van der Waals surface area (Å²) in [7, 11) is 0. The lowest BCUT2D eigenvalue weighted by Gasteiger charge is -2.43. The average molecular weight is 455 g/mol. The van der Waals surface area contributed by atoms with Crippen molar-refractivity contribution in [1.82, 2.24) is 10.2 Å². The second-order valence-electron chi connectivity index (χ2n) is 8.22. The van der Waals surface area contributed by atoms with Crippen LogP contribution in [0.15, 0.2) is 54.6 Å². The predicted octanol–water partition coefficient (Wildman–Crippen LogP) is 2.08. The summed E-state index contributed by atoms with van der Waals surface area (Å²) < 4.78 is 4.64. The van der Waals surface area contributed by atoms with Gasteiger partial charge in [-0.1, -0.05) is 30.3 Å². The highest BCUT2D eigenvalue weighted by atomic mass is 32.2. The Balaban J connectivity index is 1.34. The van der Waals surface area contributed by atoms with Gasteiger partial charge >= 0.3 is 11.9 Å². The van der Waals surface area contributed by atoms with Gasteiger partial charge in [0.05, 0.1) is 12.0 Å². The van der Waals surface area contributed by atoms with Gasteiger partial charge in [-0.15, -0.1) is 11.8 Å². The standard InChI is InChI=1S/C23H22N2O6S/c1-23(2)18(21(28)29)25-19(27)17(20(25)32-23)24-16(26)12-13-8-10-14(11-9-13)22(30)31-15-6-4-3-5-7-15/h3-11,17-18,20H,12H2,1-2H3,(H,24,26)(H,28,29)/t17?,18?,20-/m1/s1. The number of carbonyl (C=O) groups is 4. The molecule has 2 aromatic rings. The number of amides is 2. The molecule has 2 saturated heterocycles. The minimum Gasteiger partial charge on any atom is -0.480 e. The molecule has 2 fully saturated rings. The van der Waals surface area contributed by atoms with Gasteiger partial charge in [0.1, 0.15) is 23.2 Å². The molecule has 0 saturated carbocycles. The number of nitrogens with one attached hydrogen (secondary N) is 1. The lowest BCUT2D eigenvalue weighted by Crippen LogP contribution is -2.70. The third-order valence-electron chi connectivity index (χ3n) is 5.50. The molecule has 3 atom stereocenters. The van der Waals surface area contributed by atoms with E-state index >= 15 is 0 Å². The summed E-state index contributed by atoms with van der Waals surface area (Å²) in [5.41, 5.74) is 1.03. The number of thioether (sulfide) groups is 1. The Morgan fingerprint density at radius 3 is 2.38 bits per heavy atom. The van der Waals surface area contributed by atoms with E-state index in [2.05, 4.69) is 5.32 Å². The highest BCUT2D eigenvalue weighted by Gasteiger charge is 2.64. The molecule has 32 heavy (non-hydrogen) atoms. The summed E-state index contributed by atoms with van der Waals surface area (Å²) in [6, 6.07) is 13.5. The van der Waals surface area contributed by atoms with Crippen molar-refractivity contribution in [2.24, 2.45) is 0 Å². The number of esters is 1. The molecule has 0 aromatic heterocycles. The van der Waals surface area contributed by atoms with Gasteiger partial charge in [-0.3, -0.25) is 9.59 Å². The van der Waals surface area contributed by atoms with E-state index < -0.39 is 34.1 Å². The van der Waals surface area contributed by atoms with E-state index in [1.54, 1.807) is 62.4 Å². The molecule has 0 spiro atoms. The van der Waals surface area contributed by atoms with Gasteiger partial charge in [-0.25, -0.2) is 9.59 Å². The minimum absolute atomic E-state index is 0.0287. The van der Waals surface area contributed by atoms with Crippen LogP contribution in [0.25, 0.3) is 0 Å². The Labute approximate surface area is 188 Å². The number of para-hydroxylation sites is 1. The van der Waals surface area contributed by atoms with Gasteiger partial charge in [0.15, 0.2) is 0 Å². The summed E-state index contributed by atoms with van der Waals surface area (Å²) >= 11 is 1.38. The Hall–Kier alpha value is -3.33. The van der Waals surface area contributed by atoms with E-state index in [1.165, 1.54) is 16.7 Å². The normalized spacial score (nSPS) is 23.1. The molecule has 2 aliphatic heterocycles. The number of ether oxygens (including phenoxy) is 1. The lowest BCUT2D eigenvalue weighted by atomic mass is 9.96. The van der Waals surface area contributed by atoms with Crippen LogP contribution in [0.3, 0.4) is 0 Å². The second kappa shape index (κ2) is 8.31. The molecule has 2 aliphatic rings. The van der Waals surface area contributed by atoms with Crippen molar-refractivity contribution >= 4 is 35.5 Å². The number of aliphatic carboxylic acids is 1. The molecule has 0 bridgehead atoms. The molecule has 2 N–H and O–H groups in total. The summed E-state index contributed by atoms with van der Waals surface area (Å²) in [5.74, 6) is -1.83. The van der Waals surface area contributed by atoms with E-state index in [4.69, 9.17) is 4.74 Å². The van der Waals surface area contributed by atoms with Crippen LogP contribution in [0, 0.1) is 0 Å². The van der Waals surface area contributed by atoms with Crippen molar-refractivity contribution in [2.75, 3.05) is 0 Å². The highest BCUT2D eigenvalue weighted by molar-refractivity contribution is 8.01. The van der Waals surface area contributed by atoms with Crippen LogP contribution < -0.4 is 10.1 Å². The van der Waals surface area contributed by atoms with E-state index in [-0.39, 0.29) is 18.2 Å². The van der Waals surface area contributed by atoms with Crippen molar-refractivity contribution < 1.29 is 29.0 Å². The number of benzene rings is 2. The number of hydrogen-bond acceptors (Lipinski definition) is 6. The number of fused-ring (bicyclic) bond motifs is 1. The fraction of sp³-hybridized carbons (Fsp3) is 0.304. The Kier molecular flexibility index (Phi) is 5.68. The van der Waals surface area contributed by atoms with Gasteiger partial charge in [-0.05, 0) is 43.7 Å². The number of carboxylic acid groups (broad SMARTS) is 1. The van der Waals surface area contributed by atoms with Crippen molar-refractivity contribution in [2.45, 2.75) is 42.5 Å². The summed E-state index contributed by atoms with van der Waals surface area (Å²) in [5, 5.41) is 11.8. The predicted molar refractivity (Wildman–Crippen MR) is 117 cm³/mol. The van der Waals surface area contributed by atoms with Gasteiger partial charge in [0.25, 0.3) is 0 Å². The maximum absolute atomic E-state index is 12.5. The zero-order chi connectivity index (χ0) is 23.0. The van der Waals surface area contributed by atoms with Gasteiger partial charge < -0.3 is 20.1 Å². The quantitative estimate of drug-likeness (QED) is 0.390. The molecule has 0 radical (unpaired) electrons. The molecular weight excluding hydrogens is 432 g/mol. The molecule has 2 amide bonds. The zero-order valence-corrected chi connectivity index (χ0v) is 18.3. The summed E-state index contributed by atoms with van der Waals surface area (Å²) in [6.07, 6.45) is 0.0287. The number of β-lactam (4-membered cyclic amide) rings is 1. The van der Waals surface area contributed by atoms with E-state index in [0.29, 0.717) is 16.9 Å². The van der Waals surface area contributed by atoms with E-state index in [1.807, 2.05) is 6.07 Å². The van der Waals surface area contributed by atoms with Crippen LogP contribution in [0.4, 0.5) is 0 Å². The van der Waals surface area contributed by atoms with Crippen molar-refractivity contribution in [3.63, 3.8) is 0 Å². The number of hydrogen-bond donors (Lipinski definition) is 2. The van der Waals surface area contributed by atoms with Crippen LogP contribution in [0.5, 0.6) is 5.75 Å². The molecular formula is C23H22N2O6S. The van der Waals surface area contributed by atoms with Crippen LogP contribution in [0.2, 0.25) is 0 Å². The molecule has 2 unspecified atom stereocenters. The Morgan fingerprint density at radius 2 is 1.75 bits per heavy atom. The van der Waals surface area contributed by atoms with Gasteiger partial charge in [0, 0.05) is 4.75 Å². The topological polar surface area (TPSA) is 113 Å². The summed E-state index contributed by atoms with van der Waals surface area (Å²) in [6.45, 7) is 3.57. The average Bonchev–Trinajstić information content (AvgIpc) is 3.01. The Bertz CT molecular complexity index is 1070. The van der Waals surface area contributed by atoms with Crippen molar-refractivity contribution in [1.29, 1.82) is 0 Å². The highest BCUT2D eigenvalue weighted by Crippen LogP contribution is 2.50. The van der Waals surface area contributed by atoms with Crippen LogP contribution in [-0.2, 0) is 20.8 Å². The minimum atomic E-state index is -1.05. The molecule has 2 heterocycles. The number of nitrogens with zero attached hydrogens (tertiary/aromatic N) is 1. The van der Waals surface area contributed by atoms with Crippen molar-refractivity contribution in [3.8, 4) is 5.75 Å². The summed E-state index contributed by atoms with van der Waals surface area (Å²) in [4.78, 5) is 50.1. The monoisotopic (exact) mass is 454 g/mol. The lowest BCUT2D eigenvalue weighted by molar-refractivity contribution is -0.161. The fourth-order valence-electron chi connectivity index (χ4n) is 3.97. The van der Waals surface area contributed by atoms with E-state index in [9.17, 15) is 24.3 Å². The molecule has 2 aromatic carbocycles. The molecule has 9 heteroatoms. The SMILES string of the molecule is CC1(C)S[C@@H]2C(NC(=O)Cc3ccc(C(=O)Oc4ccccc4)cc3)C(=O)N2C1C(=O)O. The number of rotatable bonds is 6. The number of carbonyl (C=O) groups excluding carboxylic acids is 3. The first kappa shape index (κ1) is 21.9.